The molecule has 0 unspecified atom stereocenters. The first-order valence-corrected chi connectivity index (χ1v) is 10.8. The van der Waals surface area contributed by atoms with Gasteiger partial charge in [-0.3, -0.25) is 4.79 Å². The van der Waals surface area contributed by atoms with Crippen molar-refractivity contribution < 1.29 is 32.6 Å². The number of hydrogen-bond donors (Lipinski definition) is 3. The summed E-state index contributed by atoms with van der Waals surface area (Å²) in [5.74, 6) is 2.97. The average Bonchev–Trinajstić information content (AvgIpc) is 3.32. The summed E-state index contributed by atoms with van der Waals surface area (Å²) in [4.78, 5) is 36.0. The van der Waals surface area contributed by atoms with Crippen molar-refractivity contribution in [1.29, 1.82) is 0 Å². The number of alkyl halides is 3. The third kappa shape index (κ3) is 5.39. The molecule has 10 nitrogen and oxygen atoms in total. The zero-order valence-corrected chi connectivity index (χ0v) is 18.6. The summed E-state index contributed by atoms with van der Waals surface area (Å²) in [7, 11) is 0. The highest BCUT2D eigenvalue weighted by Crippen LogP contribution is 2.37. The molecule has 0 radical (unpaired) electrons. The second-order valence-electron chi connectivity index (χ2n) is 7.85. The highest BCUT2D eigenvalue weighted by Gasteiger charge is 2.51. The van der Waals surface area contributed by atoms with Crippen LogP contribution in [0.4, 0.5) is 19.0 Å². The maximum Gasteiger partial charge on any atom is 0.490 e. The van der Waals surface area contributed by atoms with E-state index in [0.717, 1.165) is 12.8 Å². The van der Waals surface area contributed by atoms with Crippen molar-refractivity contribution in [3.63, 3.8) is 0 Å². The number of esters is 1. The molecule has 2 aromatic heterocycles. The minimum absolute atomic E-state index is 0.0155. The number of nitrogens with one attached hydrogen (secondary N) is 1. The molecule has 1 fully saturated rings. The Morgan fingerprint density at radius 2 is 2.09 bits per heavy atom. The van der Waals surface area contributed by atoms with Gasteiger partial charge in [0.1, 0.15) is 11.6 Å². The number of unbranched alkanes of at least 4 members (excludes halogenated alkanes) is 2. The first kappa shape index (κ1) is 25.2. The van der Waals surface area contributed by atoms with Gasteiger partial charge < -0.3 is 25.5 Å². The van der Waals surface area contributed by atoms with Gasteiger partial charge in [0.25, 0.3) is 0 Å². The number of aliphatic hydroxyl groups is 1. The molecule has 1 amide bonds. The second-order valence-corrected chi connectivity index (χ2v) is 7.85. The number of aromatic nitrogens is 4. The topological polar surface area (TPSA) is 145 Å². The Labute approximate surface area is 193 Å². The Hall–Kier alpha value is -3.40. The Morgan fingerprint density at radius 3 is 2.74 bits per heavy atom. The van der Waals surface area contributed by atoms with E-state index in [1.165, 1.54) is 10.9 Å². The lowest BCUT2D eigenvalue weighted by Crippen LogP contribution is -2.45. The van der Waals surface area contributed by atoms with Crippen LogP contribution in [-0.4, -0.2) is 60.9 Å². The normalized spacial score (nSPS) is 22.3. The van der Waals surface area contributed by atoms with Gasteiger partial charge >= 0.3 is 12.1 Å². The number of amides is 1. The summed E-state index contributed by atoms with van der Waals surface area (Å²) < 4.78 is 44.7. The van der Waals surface area contributed by atoms with E-state index in [1.807, 2.05) is 6.92 Å². The quantitative estimate of drug-likeness (QED) is 0.320. The van der Waals surface area contributed by atoms with Gasteiger partial charge in [-0.2, -0.15) is 13.2 Å². The van der Waals surface area contributed by atoms with Gasteiger partial charge in [-0.1, -0.05) is 26.2 Å². The third-order valence-corrected chi connectivity index (χ3v) is 5.43. The zero-order chi connectivity index (χ0) is 25.0. The van der Waals surface area contributed by atoms with E-state index < -0.39 is 42.3 Å². The molecule has 0 aliphatic heterocycles. The molecule has 1 aliphatic carbocycles. The van der Waals surface area contributed by atoms with Crippen LogP contribution in [0, 0.1) is 11.8 Å². The monoisotopic (exact) mass is 482 g/mol. The van der Waals surface area contributed by atoms with Gasteiger partial charge in [0.15, 0.2) is 17.6 Å². The van der Waals surface area contributed by atoms with Crippen molar-refractivity contribution in [2.45, 2.75) is 76.4 Å². The van der Waals surface area contributed by atoms with Crippen LogP contribution in [-0.2, 0) is 14.3 Å². The van der Waals surface area contributed by atoms with Gasteiger partial charge in [-0.25, -0.2) is 19.7 Å². The molecule has 2 heterocycles. The number of fused-ring (bicyclic) bond motifs is 1. The number of carbonyl (C=O) groups excluding carboxylic acids is 2. The molecule has 0 aromatic carbocycles. The standard InChI is InChI=1S/C21H25F3N6O4/c1-3-5-6-7-8-13-28-18(25)15-19(29-13)30(10-26-15)12-9-11(27-14(31)4-2)16(32)17(12)34-20(33)21(22,23)24/h10-12,16-17,32H,3-6,9H2,1-2H3,(H,27,31)(H2,25,28,29)/t11-,12+,16+,17-/m0/s1. The van der Waals surface area contributed by atoms with E-state index in [1.54, 1.807) is 6.92 Å². The number of imidazole rings is 1. The van der Waals surface area contributed by atoms with Crippen LogP contribution < -0.4 is 11.1 Å². The fourth-order valence-electron chi connectivity index (χ4n) is 3.70. The van der Waals surface area contributed by atoms with E-state index in [9.17, 15) is 27.9 Å². The lowest BCUT2D eigenvalue weighted by molar-refractivity contribution is -0.209. The first-order chi connectivity index (χ1) is 16.1. The molecule has 3 rings (SSSR count). The summed E-state index contributed by atoms with van der Waals surface area (Å²) in [6.07, 6.45) is -4.71. The molecule has 4 atom stereocenters. The molecule has 4 N–H and O–H groups in total. The Kier molecular flexibility index (Phi) is 7.61. The van der Waals surface area contributed by atoms with Gasteiger partial charge in [-0.15, -0.1) is 0 Å². The number of nitrogens with two attached hydrogens (primary N) is 1. The minimum Gasteiger partial charge on any atom is -0.451 e. The number of halogens is 3. The molecule has 0 saturated heterocycles. The lowest BCUT2D eigenvalue weighted by Gasteiger charge is -2.24. The van der Waals surface area contributed by atoms with Gasteiger partial charge in [-0.05, 0) is 18.8 Å². The molecule has 184 valence electrons. The molecule has 13 heteroatoms. The number of rotatable bonds is 6. The third-order valence-electron chi connectivity index (χ3n) is 5.43. The largest absolute Gasteiger partial charge is 0.490 e. The SMILES string of the molecule is CCCCC#Cc1nc(N)c2ncn([C@@H]3C[C@H](NC(=O)CC)[C@@H](O)[C@H]3OC(=O)C(F)(F)F)c2n1. The van der Waals surface area contributed by atoms with Gasteiger partial charge in [0.2, 0.25) is 11.7 Å². The van der Waals surface area contributed by atoms with Crippen molar-refractivity contribution in [1.82, 2.24) is 24.8 Å². The van der Waals surface area contributed by atoms with Crippen LogP contribution in [0.25, 0.3) is 11.2 Å². The Morgan fingerprint density at radius 1 is 1.35 bits per heavy atom. The van der Waals surface area contributed by atoms with E-state index in [0.29, 0.717) is 6.42 Å². The van der Waals surface area contributed by atoms with Crippen molar-refractivity contribution in [3.8, 4) is 11.8 Å². The number of nitrogen functional groups attached to an aromatic ring is 1. The van der Waals surface area contributed by atoms with Crippen molar-refractivity contribution in [2.75, 3.05) is 5.73 Å². The number of anilines is 1. The summed E-state index contributed by atoms with van der Waals surface area (Å²) in [5.41, 5.74) is 6.30. The minimum atomic E-state index is -5.26. The number of nitrogens with zero attached hydrogens (tertiary/aromatic N) is 4. The fraction of sp³-hybridized carbons (Fsp3) is 0.571. The molecular formula is C21H25F3N6O4. The van der Waals surface area contributed by atoms with Crippen LogP contribution in [0.5, 0.6) is 0 Å². The molecular weight excluding hydrogens is 457 g/mol. The summed E-state index contributed by atoms with van der Waals surface area (Å²) in [6.45, 7) is 3.61. The average molecular weight is 482 g/mol. The number of carbonyl (C=O) groups is 2. The van der Waals surface area contributed by atoms with E-state index in [4.69, 9.17) is 5.73 Å². The van der Waals surface area contributed by atoms with Crippen molar-refractivity contribution >= 4 is 28.9 Å². The van der Waals surface area contributed by atoms with Crippen LogP contribution >= 0.6 is 0 Å². The van der Waals surface area contributed by atoms with E-state index >= 15 is 0 Å². The summed E-state index contributed by atoms with van der Waals surface area (Å²) in [5, 5.41) is 13.2. The van der Waals surface area contributed by atoms with Crippen LogP contribution in [0.15, 0.2) is 6.33 Å². The predicted molar refractivity (Wildman–Crippen MR) is 114 cm³/mol. The van der Waals surface area contributed by atoms with E-state index in [2.05, 4.69) is 36.8 Å². The van der Waals surface area contributed by atoms with Crippen molar-refractivity contribution in [3.05, 3.63) is 12.2 Å². The maximum atomic E-state index is 12.9. The summed E-state index contributed by atoms with van der Waals surface area (Å²) in [6, 6.07) is -1.99. The predicted octanol–water partition coefficient (Wildman–Crippen LogP) is 1.62. The van der Waals surface area contributed by atoms with Crippen LogP contribution in [0.3, 0.4) is 0 Å². The summed E-state index contributed by atoms with van der Waals surface area (Å²) >= 11 is 0. The molecule has 1 saturated carbocycles. The lowest BCUT2D eigenvalue weighted by atomic mass is 10.2. The van der Waals surface area contributed by atoms with Gasteiger partial charge in [0.05, 0.1) is 18.4 Å². The van der Waals surface area contributed by atoms with Gasteiger partial charge in [0, 0.05) is 12.8 Å². The highest BCUT2D eigenvalue weighted by molar-refractivity contribution is 5.82. The highest BCUT2D eigenvalue weighted by atomic mass is 19.4. The van der Waals surface area contributed by atoms with E-state index in [-0.39, 0.29) is 35.6 Å². The molecule has 0 bridgehead atoms. The zero-order valence-electron chi connectivity index (χ0n) is 18.6. The molecule has 2 aromatic rings. The van der Waals surface area contributed by atoms with Crippen molar-refractivity contribution in [2.24, 2.45) is 0 Å². The first-order valence-electron chi connectivity index (χ1n) is 10.8. The molecule has 1 aliphatic rings. The number of ether oxygens (including phenoxy) is 1. The second kappa shape index (κ2) is 10.3. The number of aliphatic hydroxyl groups excluding tert-OH is 1. The molecule has 34 heavy (non-hydrogen) atoms. The fourth-order valence-corrected chi connectivity index (χ4v) is 3.70. The Balaban J connectivity index is 2.01. The molecule has 0 spiro atoms. The number of hydrogen-bond acceptors (Lipinski definition) is 8. The smallest absolute Gasteiger partial charge is 0.451 e. The van der Waals surface area contributed by atoms with Crippen LogP contribution in [0.2, 0.25) is 0 Å². The van der Waals surface area contributed by atoms with Crippen LogP contribution in [0.1, 0.15) is 57.8 Å². The maximum absolute atomic E-state index is 12.9. The Bertz CT molecular complexity index is 1120.